The molecule has 0 amide bonds. The maximum Gasteiger partial charge on any atom is 0.242 e. The molecule has 0 saturated heterocycles. The number of hydrogen-bond donors (Lipinski definition) is 1. The Morgan fingerprint density at radius 3 is 2.74 bits per heavy atom. The van der Waals surface area contributed by atoms with Crippen molar-refractivity contribution in [2.24, 2.45) is 7.05 Å². The number of ether oxygens (including phenoxy) is 2. The molecule has 0 spiro atoms. The van der Waals surface area contributed by atoms with Crippen LogP contribution in [0.25, 0.3) is 0 Å². The van der Waals surface area contributed by atoms with Crippen LogP contribution in [0.5, 0.6) is 11.5 Å². The number of nitrogens with one attached hydrogen (secondary N) is 1. The van der Waals surface area contributed by atoms with E-state index in [2.05, 4.69) is 36.8 Å². The van der Waals surface area contributed by atoms with Crippen molar-refractivity contribution in [1.29, 1.82) is 0 Å². The van der Waals surface area contributed by atoms with Crippen molar-refractivity contribution in [2.45, 2.75) is 13.2 Å². The molecule has 27 heavy (non-hydrogen) atoms. The first-order valence-corrected chi connectivity index (χ1v) is 9.05. The molecule has 3 rings (SSSR count). The Hall–Kier alpha value is -2.39. The van der Waals surface area contributed by atoms with Gasteiger partial charge in [0.25, 0.3) is 0 Å². The summed E-state index contributed by atoms with van der Waals surface area (Å²) in [6.07, 6.45) is 0. The Morgan fingerprint density at radius 1 is 1.26 bits per heavy atom. The van der Waals surface area contributed by atoms with Crippen molar-refractivity contribution >= 4 is 33.5 Å². The summed E-state index contributed by atoms with van der Waals surface area (Å²) < 4.78 is 27.7. The Morgan fingerprint density at radius 2 is 2.07 bits per heavy atom. The minimum atomic E-state index is -0.429. The molecule has 0 fully saturated rings. The molecule has 2 aromatic carbocycles. The highest BCUT2D eigenvalue weighted by molar-refractivity contribution is 9.10. The number of anilines is 1. The van der Waals surface area contributed by atoms with Gasteiger partial charge in [0, 0.05) is 29.2 Å². The molecule has 1 heterocycles. The number of benzene rings is 2. The maximum absolute atomic E-state index is 14.1. The molecule has 0 unspecified atom stereocenters. The van der Waals surface area contributed by atoms with E-state index < -0.39 is 5.82 Å². The van der Waals surface area contributed by atoms with Gasteiger partial charge in [0.05, 0.1) is 12.1 Å². The van der Waals surface area contributed by atoms with Gasteiger partial charge in [0.2, 0.25) is 5.95 Å². The molecule has 10 heteroatoms. The van der Waals surface area contributed by atoms with Crippen LogP contribution in [0.2, 0.25) is 5.02 Å². The Bertz CT molecular complexity index is 933. The highest BCUT2D eigenvalue weighted by Crippen LogP contribution is 2.37. The van der Waals surface area contributed by atoms with Crippen LogP contribution < -0.4 is 14.8 Å². The summed E-state index contributed by atoms with van der Waals surface area (Å²) in [6, 6.07) is 8.10. The van der Waals surface area contributed by atoms with Crippen LogP contribution in [0.15, 0.2) is 34.8 Å². The molecule has 142 valence electrons. The summed E-state index contributed by atoms with van der Waals surface area (Å²) in [5.74, 6) is 1.04. The first kappa shape index (κ1) is 19.4. The van der Waals surface area contributed by atoms with E-state index in [9.17, 15) is 4.39 Å². The molecule has 3 aromatic rings. The summed E-state index contributed by atoms with van der Waals surface area (Å²) in [5.41, 5.74) is 1.04. The molecule has 0 radical (unpaired) electrons. The zero-order valence-electron chi connectivity index (χ0n) is 14.5. The van der Waals surface area contributed by atoms with E-state index >= 15 is 0 Å². The van der Waals surface area contributed by atoms with Crippen molar-refractivity contribution < 1.29 is 13.9 Å². The van der Waals surface area contributed by atoms with E-state index in [1.165, 1.54) is 17.9 Å². The van der Waals surface area contributed by atoms with Crippen LogP contribution in [0.1, 0.15) is 11.1 Å². The number of methoxy groups -OCH3 is 1. The predicted molar refractivity (Wildman–Crippen MR) is 103 cm³/mol. The minimum Gasteiger partial charge on any atom is -0.493 e. The highest BCUT2D eigenvalue weighted by atomic mass is 79.9. The number of rotatable bonds is 7. The zero-order chi connectivity index (χ0) is 19.4. The van der Waals surface area contributed by atoms with Gasteiger partial charge in [-0.25, -0.2) is 9.07 Å². The lowest BCUT2D eigenvalue weighted by Crippen LogP contribution is -2.09. The lowest BCUT2D eigenvalue weighted by Gasteiger charge is -2.17. The molecule has 0 aliphatic heterocycles. The monoisotopic (exact) mass is 455 g/mol. The highest BCUT2D eigenvalue weighted by Gasteiger charge is 2.17. The van der Waals surface area contributed by atoms with E-state index in [0.29, 0.717) is 29.0 Å². The van der Waals surface area contributed by atoms with E-state index in [-0.39, 0.29) is 12.2 Å². The molecule has 0 aliphatic carbocycles. The molecule has 0 saturated carbocycles. The molecule has 1 aromatic heterocycles. The molecule has 0 atom stereocenters. The van der Waals surface area contributed by atoms with E-state index in [1.807, 2.05) is 6.07 Å². The lowest BCUT2D eigenvalue weighted by molar-refractivity contribution is 0.277. The standard InChI is InChI=1S/C17H16BrClFN5O2/c1-25-17(22-23-24-25)21-8-10-12(18)6-7-15(26-2)16(10)27-9-11-13(19)4-3-5-14(11)20/h3-7H,8-9H2,1-2H3,(H,21,22,24). The van der Waals surface area contributed by atoms with E-state index in [4.69, 9.17) is 21.1 Å². The molecular weight excluding hydrogens is 441 g/mol. The van der Waals surface area contributed by atoms with Crippen molar-refractivity contribution in [3.05, 3.63) is 56.8 Å². The molecular formula is C17H16BrClFN5O2. The second kappa shape index (κ2) is 8.53. The second-order valence-corrected chi connectivity index (χ2v) is 6.79. The fourth-order valence-electron chi connectivity index (χ4n) is 2.43. The van der Waals surface area contributed by atoms with Crippen molar-refractivity contribution in [2.75, 3.05) is 12.4 Å². The minimum absolute atomic E-state index is 0.0448. The van der Waals surface area contributed by atoms with Crippen molar-refractivity contribution in [1.82, 2.24) is 20.2 Å². The van der Waals surface area contributed by atoms with E-state index in [1.54, 1.807) is 25.2 Å². The van der Waals surface area contributed by atoms with Crippen LogP contribution >= 0.6 is 27.5 Å². The number of nitrogens with zero attached hydrogens (tertiary/aromatic N) is 4. The summed E-state index contributed by atoms with van der Waals surface area (Å²) in [7, 11) is 3.26. The lowest BCUT2D eigenvalue weighted by atomic mass is 10.1. The third kappa shape index (κ3) is 4.30. The molecule has 0 bridgehead atoms. The number of halogens is 3. The normalized spacial score (nSPS) is 10.7. The van der Waals surface area contributed by atoms with Gasteiger partial charge in [-0.15, -0.1) is 0 Å². The zero-order valence-corrected chi connectivity index (χ0v) is 16.9. The number of aryl methyl sites for hydroxylation is 1. The smallest absolute Gasteiger partial charge is 0.242 e. The van der Waals surface area contributed by atoms with Crippen molar-refractivity contribution in [3.8, 4) is 11.5 Å². The Balaban J connectivity index is 1.88. The largest absolute Gasteiger partial charge is 0.493 e. The molecule has 1 N–H and O–H groups in total. The van der Waals surface area contributed by atoms with Gasteiger partial charge < -0.3 is 14.8 Å². The predicted octanol–water partition coefficient (Wildman–Crippen LogP) is 3.96. The van der Waals surface area contributed by atoms with Gasteiger partial charge in [-0.2, -0.15) is 0 Å². The first-order valence-electron chi connectivity index (χ1n) is 7.88. The molecule has 0 aliphatic rings. The average molecular weight is 457 g/mol. The number of hydrogen-bond acceptors (Lipinski definition) is 6. The number of tetrazole rings is 1. The Labute approximate surface area is 168 Å². The van der Waals surface area contributed by atoms with Gasteiger partial charge in [-0.05, 0) is 34.7 Å². The summed E-state index contributed by atoms with van der Waals surface area (Å²) in [6.45, 7) is 0.309. The van der Waals surface area contributed by atoms with E-state index in [0.717, 1.165) is 10.0 Å². The number of aromatic nitrogens is 4. The first-order chi connectivity index (χ1) is 13.0. The summed E-state index contributed by atoms with van der Waals surface area (Å²) in [4.78, 5) is 0. The van der Waals surface area contributed by atoms with Gasteiger partial charge >= 0.3 is 0 Å². The fourth-order valence-corrected chi connectivity index (χ4v) is 3.10. The van der Waals surface area contributed by atoms with Gasteiger partial charge in [-0.1, -0.05) is 38.7 Å². The third-order valence-corrected chi connectivity index (χ3v) is 4.95. The maximum atomic E-state index is 14.1. The second-order valence-electron chi connectivity index (χ2n) is 5.53. The summed E-state index contributed by atoms with van der Waals surface area (Å²) >= 11 is 9.60. The third-order valence-electron chi connectivity index (χ3n) is 3.85. The van der Waals surface area contributed by atoms with Crippen LogP contribution in [0, 0.1) is 5.82 Å². The summed E-state index contributed by atoms with van der Waals surface area (Å²) in [5, 5.41) is 14.7. The van der Waals surface area contributed by atoms with Crippen LogP contribution in [0.3, 0.4) is 0 Å². The van der Waals surface area contributed by atoms with Crippen LogP contribution in [-0.4, -0.2) is 27.3 Å². The fraction of sp³-hybridized carbons (Fsp3) is 0.235. The average Bonchev–Trinajstić information content (AvgIpc) is 3.05. The topological polar surface area (TPSA) is 74.1 Å². The van der Waals surface area contributed by atoms with Gasteiger partial charge in [0.1, 0.15) is 12.4 Å². The van der Waals surface area contributed by atoms with Crippen molar-refractivity contribution in [3.63, 3.8) is 0 Å². The van der Waals surface area contributed by atoms with Gasteiger partial charge in [0.15, 0.2) is 11.5 Å². The van der Waals surface area contributed by atoms with Crippen LogP contribution in [0.4, 0.5) is 10.3 Å². The van der Waals surface area contributed by atoms with Crippen LogP contribution in [-0.2, 0) is 20.2 Å². The SMILES string of the molecule is COc1ccc(Br)c(CNc2nnnn2C)c1OCc1c(F)cccc1Cl. The quantitative estimate of drug-likeness (QED) is 0.580. The molecule has 7 nitrogen and oxygen atoms in total. The van der Waals surface area contributed by atoms with Gasteiger partial charge in [-0.3, -0.25) is 0 Å². The Kier molecular flexibility index (Phi) is 6.12.